The van der Waals surface area contributed by atoms with Gasteiger partial charge in [0.1, 0.15) is 0 Å². The Hall–Kier alpha value is -1.55. The summed E-state index contributed by atoms with van der Waals surface area (Å²) in [6.07, 6.45) is 0.0795. The number of amides is 1. The molecule has 14 heavy (non-hydrogen) atoms. The zero-order valence-corrected chi connectivity index (χ0v) is 7.76. The summed E-state index contributed by atoms with van der Waals surface area (Å²) in [4.78, 5) is 10.2. The molecule has 0 aliphatic carbocycles. The molecule has 76 valence electrons. The van der Waals surface area contributed by atoms with Crippen molar-refractivity contribution in [3.63, 3.8) is 0 Å². The molecular formula is C10H13NO3. The van der Waals surface area contributed by atoms with E-state index in [0.29, 0.717) is 11.5 Å². The summed E-state index contributed by atoms with van der Waals surface area (Å²) in [6.45, 7) is 0.143. The molecule has 1 aromatic carbocycles. The van der Waals surface area contributed by atoms with Gasteiger partial charge in [-0.05, 0) is 18.4 Å². The molecule has 0 bridgehead atoms. The van der Waals surface area contributed by atoms with Crippen LogP contribution < -0.4 is 0 Å². The quantitative estimate of drug-likeness (QED) is 0.570. The van der Waals surface area contributed by atoms with E-state index in [1.807, 2.05) is 30.3 Å². The van der Waals surface area contributed by atoms with Crippen molar-refractivity contribution in [1.29, 1.82) is 0 Å². The van der Waals surface area contributed by atoms with Gasteiger partial charge in [0.25, 0.3) is 0 Å². The smallest absolute Gasteiger partial charge is 0.431 e. The van der Waals surface area contributed by atoms with E-state index in [0.717, 1.165) is 12.0 Å². The van der Waals surface area contributed by atoms with Crippen LogP contribution in [0.15, 0.2) is 30.3 Å². The molecular weight excluding hydrogens is 182 g/mol. The van der Waals surface area contributed by atoms with Gasteiger partial charge in [0.15, 0.2) is 0 Å². The van der Waals surface area contributed by atoms with Crippen LogP contribution in [0.5, 0.6) is 0 Å². The molecule has 4 heteroatoms. The summed E-state index contributed by atoms with van der Waals surface area (Å²) in [5.74, 6) is 0. The molecule has 0 saturated heterocycles. The molecule has 1 rings (SSSR count). The molecule has 0 aromatic heterocycles. The number of carboxylic acid groups (broad SMARTS) is 1. The molecule has 4 nitrogen and oxygen atoms in total. The van der Waals surface area contributed by atoms with Gasteiger partial charge in [-0.15, -0.1) is 0 Å². The Morgan fingerprint density at radius 1 is 1.29 bits per heavy atom. The number of nitrogens with zero attached hydrogens (tertiary/aromatic N) is 1. The molecule has 1 aromatic rings. The van der Waals surface area contributed by atoms with E-state index in [1.54, 1.807) is 0 Å². The minimum absolute atomic E-state index is 0.143. The Labute approximate surface area is 82.4 Å². The first-order chi connectivity index (χ1) is 6.70. The number of carbonyl (C=O) groups is 1. The van der Waals surface area contributed by atoms with Gasteiger partial charge in [-0.2, -0.15) is 5.06 Å². The van der Waals surface area contributed by atoms with Crippen LogP contribution in [0.3, 0.4) is 0 Å². The highest BCUT2D eigenvalue weighted by Crippen LogP contribution is 2.02. The van der Waals surface area contributed by atoms with Gasteiger partial charge < -0.3 is 5.11 Å². The second kappa shape index (κ2) is 5.24. The van der Waals surface area contributed by atoms with E-state index < -0.39 is 6.09 Å². The van der Waals surface area contributed by atoms with Crippen molar-refractivity contribution in [1.82, 2.24) is 5.06 Å². The maximum atomic E-state index is 10.2. The Morgan fingerprint density at radius 3 is 2.50 bits per heavy atom. The largest absolute Gasteiger partial charge is 0.463 e. The molecule has 1 amide bonds. The van der Waals surface area contributed by atoms with Gasteiger partial charge >= 0.3 is 6.09 Å². The fraction of sp³-hybridized carbons (Fsp3) is 0.300. The SMILES string of the molecule is O=C(O)N(O)CCCc1ccccc1. The first-order valence-corrected chi connectivity index (χ1v) is 4.43. The van der Waals surface area contributed by atoms with Crippen LogP contribution in [0.2, 0.25) is 0 Å². The summed E-state index contributed by atoms with van der Waals surface area (Å²) in [6, 6.07) is 9.75. The fourth-order valence-corrected chi connectivity index (χ4v) is 1.17. The van der Waals surface area contributed by atoms with E-state index in [4.69, 9.17) is 10.3 Å². The van der Waals surface area contributed by atoms with Crippen molar-refractivity contribution >= 4 is 6.09 Å². The monoisotopic (exact) mass is 195 g/mol. The van der Waals surface area contributed by atoms with Crippen LogP contribution >= 0.6 is 0 Å². The van der Waals surface area contributed by atoms with Gasteiger partial charge in [0.2, 0.25) is 0 Å². The molecule has 0 fully saturated rings. The third kappa shape index (κ3) is 3.45. The van der Waals surface area contributed by atoms with Gasteiger partial charge in [-0.3, -0.25) is 5.21 Å². The summed E-state index contributed by atoms with van der Waals surface area (Å²) >= 11 is 0. The summed E-state index contributed by atoms with van der Waals surface area (Å²) < 4.78 is 0. The lowest BCUT2D eigenvalue weighted by Crippen LogP contribution is -2.26. The van der Waals surface area contributed by atoms with Crippen molar-refractivity contribution in [3.05, 3.63) is 35.9 Å². The topological polar surface area (TPSA) is 60.8 Å². The highest BCUT2D eigenvalue weighted by molar-refractivity contribution is 5.63. The van der Waals surface area contributed by atoms with Crippen LogP contribution in [0, 0.1) is 0 Å². The van der Waals surface area contributed by atoms with Crippen LogP contribution in [0.1, 0.15) is 12.0 Å². The number of hydrogen-bond acceptors (Lipinski definition) is 2. The molecule has 0 unspecified atom stereocenters. The van der Waals surface area contributed by atoms with E-state index >= 15 is 0 Å². The predicted octanol–water partition coefficient (Wildman–Crippen LogP) is 1.99. The number of rotatable bonds is 4. The Bertz CT molecular complexity index is 287. The molecule has 0 atom stereocenters. The second-order valence-electron chi connectivity index (χ2n) is 2.99. The highest BCUT2D eigenvalue weighted by atomic mass is 16.6. The lowest BCUT2D eigenvalue weighted by molar-refractivity contribution is -0.0640. The summed E-state index contributed by atoms with van der Waals surface area (Å²) in [7, 11) is 0. The van der Waals surface area contributed by atoms with Crippen molar-refractivity contribution in [3.8, 4) is 0 Å². The zero-order chi connectivity index (χ0) is 10.4. The van der Waals surface area contributed by atoms with Crippen LogP contribution in [-0.4, -0.2) is 28.0 Å². The number of benzene rings is 1. The Kier molecular flexibility index (Phi) is 3.94. The lowest BCUT2D eigenvalue weighted by Gasteiger charge is -2.09. The third-order valence-electron chi connectivity index (χ3n) is 1.90. The minimum Gasteiger partial charge on any atom is -0.463 e. The maximum absolute atomic E-state index is 10.2. The number of hydroxylamine groups is 2. The van der Waals surface area contributed by atoms with Gasteiger partial charge in [-0.25, -0.2) is 4.79 Å². The molecule has 0 heterocycles. The zero-order valence-electron chi connectivity index (χ0n) is 7.76. The minimum atomic E-state index is -1.31. The normalized spacial score (nSPS) is 9.79. The van der Waals surface area contributed by atoms with E-state index in [1.165, 1.54) is 0 Å². The standard InChI is InChI=1S/C10H13NO3/c12-10(13)11(14)8-4-7-9-5-2-1-3-6-9/h1-3,5-6,14H,4,7-8H2,(H,12,13). The highest BCUT2D eigenvalue weighted by Gasteiger charge is 2.06. The van der Waals surface area contributed by atoms with Crippen LogP contribution in [0.4, 0.5) is 4.79 Å². The fourth-order valence-electron chi connectivity index (χ4n) is 1.17. The van der Waals surface area contributed by atoms with Crippen molar-refractivity contribution < 1.29 is 15.1 Å². The van der Waals surface area contributed by atoms with Crippen molar-refractivity contribution in [2.45, 2.75) is 12.8 Å². The second-order valence-corrected chi connectivity index (χ2v) is 2.99. The third-order valence-corrected chi connectivity index (χ3v) is 1.90. The van der Waals surface area contributed by atoms with E-state index in [9.17, 15) is 4.79 Å². The molecule has 0 radical (unpaired) electrons. The molecule has 2 N–H and O–H groups in total. The van der Waals surface area contributed by atoms with E-state index in [2.05, 4.69) is 0 Å². The van der Waals surface area contributed by atoms with Gasteiger partial charge in [0, 0.05) is 0 Å². The Balaban J connectivity index is 2.26. The number of hydrogen-bond donors (Lipinski definition) is 2. The van der Waals surface area contributed by atoms with Crippen LogP contribution in [0.25, 0.3) is 0 Å². The molecule has 0 spiro atoms. The predicted molar refractivity (Wildman–Crippen MR) is 51.3 cm³/mol. The Morgan fingerprint density at radius 2 is 1.93 bits per heavy atom. The van der Waals surface area contributed by atoms with Gasteiger partial charge in [0.05, 0.1) is 6.54 Å². The van der Waals surface area contributed by atoms with E-state index in [-0.39, 0.29) is 6.54 Å². The average molecular weight is 195 g/mol. The summed E-state index contributed by atoms with van der Waals surface area (Å²) in [5.41, 5.74) is 1.14. The lowest BCUT2D eigenvalue weighted by atomic mass is 10.1. The first-order valence-electron chi connectivity index (χ1n) is 4.43. The first kappa shape index (κ1) is 10.5. The van der Waals surface area contributed by atoms with Crippen molar-refractivity contribution in [2.75, 3.05) is 6.54 Å². The van der Waals surface area contributed by atoms with Gasteiger partial charge in [-0.1, -0.05) is 30.3 Å². The molecule has 0 aliphatic heterocycles. The van der Waals surface area contributed by atoms with Crippen molar-refractivity contribution in [2.24, 2.45) is 0 Å². The van der Waals surface area contributed by atoms with Crippen LogP contribution in [-0.2, 0) is 6.42 Å². The molecule has 0 aliphatic rings. The maximum Gasteiger partial charge on any atom is 0.431 e. The summed E-state index contributed by atoms with van der Waals surface area (Å²) in [5, 5.41) is 17.5. The number of aryl methyl sites for hydroxylation is 1. The molecule has 0 saturated carbocycles. The average Bonchev–Trinajstić information content (AvgIpc) is 2.19.